The monoisotopic (exact) mass is 310 g/mol. The van der Waals surface area contributed by atoms with Gasteiger partial charge in [0.05, 0.1) is 6.67 Å². The van der Waals surface area contributed by atoms with E-state index in [0.717, 1.165) is 35.5 Å². The molecule has 1 aliphatic heterocycles. The number of hydrogen-bond acceptors (Lipinski definition) is 2. The van der Waals surface area contributed by atoms with Gasteiger partial charge in [-0.3, -0.25) is 0 Å². The van der Waals surface area contributed by atoms with Crippen LogP contribution >= 0.6 is 0 Å². The minimum atomic E-state index is 0.588. The summed E-state index contributed by atoms with van der Waals surface area (Å²) >= 11 is 0. The van der Waals surface area contributed by atoms with Crippen molar-refractivity contribution in [3.63, 3.8) is 0 Å². The SMILES string of the molecule is C1=CN(C23CC4CC(CC2C4)C3)CN1C12CC3CC(CC1C3)C2. The molecule has 0 N–H and O–H groups in total. The molecule has 0 amide bonds. The quantitative estimate of drug-likeness (QED) is 0.754. The van der Waals surface area contributed by atoms with Crippen molar-refractivity contribution in [1.82, 2.24) is 9.80 Å². The molecular weight excluding hydrogens is 280 g/mol. The topological polar surface area (TPSA) is 6.48 Å². The maximum Gasteiger partial charge on any atom is 0.0904 e. The van der Waals surface area contributed by atoms with Crippen LogP contribution in [0.2, 0.25) is 0 Å². The van der Waals surface area contributed by atoms with Gasteiger partial charge in [-0.25, -0.2) is 0 Å². The Labute approximate surface area is 140 Å². The lowest BCUT2D eigenvalue weighted by Gasteiger charge is -2.46. The van der Waals surface area contributed by atoms with Crippen LogP contribution in [-0.4, -0.2) is 27.5 Å². The first-order valence-corrected chi connectivity index (χ1v) is 10.5. The Bertz CT molecular complexity index is 517. The fraction of sp³-hybridized carbons (Fsp3) is 0.905. The number of nitrogens with zero attached hydrogens (tertiary/aromatic N) is 2. The van der Waals surface area contributed by atoms with Gasteiger partial charge in [0.15, 0.2) is 0 Å². The summed E-state index contributed by atoms with van der Waals surface area (Å²) in [6.45, 7) is 1.24. The first-order valence-electron chi connectivity index (χ1n) is 10.5. The summed E-state index contributed by atoms with van der Waals surface area (Å²) in [7, 11) is 0. The van der Waals surface area contributed by atoms with Crippen LogP contribution in [0.3, 0.4) is 0 Å². The lowest BCUT2D eigenvalue weighted by atomic mass is 9.79. The van der Waals surface area contributed by atoms with Crippen LogP contribution in [0.5, 0.6) is 0 Å². The highest BCUT2D eigenvalue weighted by molar-refractivity contribution is 5.21. The molecule has 9 aliphatic rings. The normalized spacial score (nSPS) is 60.9. The van der Waals surface area contributed by atoms with Crippen LogP contribution in [0, 0.1) is 35.5 Å². The second-order valence-corrected chi connectivity index (χ2v) is 10.7. The Morgan fingerprint density at radius 2 is 0.957 bits per heavy atom. The zero-order valence-electron chi connectivity index (χ0n) is 14.3. The Balaban J connectivity index is 1.19. The second kappa shape index (κ2) is 3.78. The third-order valence-electron chi connectivity index (χ3n) is 9.77. The van der Waals surface area contributed by atoms with Gasteiger partial charge in [-0.15, -0.1) is 0 Å². The third kappa shape index (κ3) is 1.37. The van der Waals surface area contributed by atoms with Crippen LogP contribution in [0.25, 0.3) is 0 Å². The van der Waals surface area contributed by atoms with E-state index in [1.54, 1.807) is 38.5 Å². The molecule has 124 valence electrons. The van der Waals surface area contributed by atoms with E-state index in [2.05, 4.69) is 22.2 Å². The largest absolute Gasteiger partial charge is 0.353 e. The molecule has 0 radical (unpaired) electrons. The van der Waals surface area contributed by atoms with Crippen molar-refractivity contribution in [2.45, 2.75) is 75.3 Å². The minimum absolute atomic E-state index is 0.588. The molecule has 0 saturated heterocycles. The van der Waals surface area contributed by atoms with Crippen LogP contribution in [0.1, 0.15) is 64.2 Å². The molecule has 8 aliphatic carbocycles. The van der Waals surface area contributed by atoms with Gasteiger partial charge in [-0.2, -0.15) is 0 Å². The molecule has 4 unspecified atom stereocenters. The maximum absolute atomic E-state index is 2.85. The van der Waals surface area contributed by atoms with E-state index in [0.29, 0.717) is 11.1 Å². The summed E-state index contributed by atoms with van der Waals surface area (Å²) in [4.78, 5) is 5.70. The maximum atomic E-state index is 2.85. The van der Waals surface area contributed by atoms with Crippen LogP contribution in [-0.2, 0) is 0 Å². The van der Waals surface area contributed by atoms with E-state index in [1.807, 2.05) is 0 Å². The molecule has 2 nitrogen and oxygen atoms in total. The van der Waals surface area contributed by atoms with Gasteiger partial charge >= 0.3 is 0 Å². The predicted molar refractivity (Wildman–Crippen MR) is 90.3 cm³/mol. The van der Waals surface area contributed by atoms with Gasteiger partial charge in [-0.1, -0.05) is 0 Å². The molecule has 4 atom stereocenters. The Morgan fingerprint density at radius 3 is 1.35 bits per heavy atom. The molecule has 8 fully saturated rings. The van der Waals surface area contributed by atoms with E-state index in [4.69, 9.17) is 0 Å². The van der Waals surface area contributed by atoms with E-state index in [1.165, 1.54) is 32.4 Å². The highest BCUT2D eigenvalue weighted by atomic mass is 15.4. The summed E-state index contributed by atoms with van der Waals surface area (Å²) in [5.74, 6) is 6.37. The smallest absolute Gasteiger partial charge is 0.0904 e. The third-order valence-corrected chi connectivity index (χ3v) is 9.77. The van der Waals surface area contributed by atoms with Crippen molar-refractivity contribution in [3.8, 4) is 0 Å². The van der Waals surface area contributed by atoms with Crippen molar-refractivity contribution in [2.24, 2.45) is 35.5 Å². The average molecular weight is 310 g/mol. The molecule has 8 saturated carbocycles. The molecule has 0 aromatic carbocycles. The summed E-state index contributed by atoms with van der Waals surface area (Å²) in [6.07, 6.45) is 20.5. The summed E-state index contributed by atoms with van der Waals surface area (Å²) in [5, 5.41) is 0. The molecule has 0 aromatic rings. The second-order valence-electron chi connectivity index (χ2n) is 10.7. The van der Waals surface area contributed by atoms with Gasteiger partial charge in [0.1, 0.15) is 0 Å². The zero-order valence-corrected chi connectivity index (χ0v) is 14.3. The Hall–Kier alpha value is -0.660. The lowest BCUT2D eigenvalue weighted by molar-refractivity contribution is 0.0289. The van der Waals surface area contributed by atoms with Crippen molar-refractivity contribution in [3.05, 3.63) is 12.4 Å². The van der Waals surface area contributed by atoms with E-state index >= 15 is 0 Å². The van der Waals surface area contributed by atoms with Crippen LogP contribution in [0.4, 0.5) is 0 Å². The van der Waals surface area contributed by atoms with Gasteiger partial charge in [-0.05, 0) is 99.7 Å². The fourth-order valence-electron chi connectivity index (χ4n) is 9.44. The van der Waals surface area contributed by atoms with Crippen molar-refractivity contribution in [1.29, 1.82) is 0 Å². The highest BCUT2D eigenvalue weighted by Crippen LogP contribution is 2.65. The molecule has 2 heteroatoms. The van der Waals surface area contributed by atoms with E-state index in [-0.39, 0.29) is 0 Å². The zero-order chi connectivity index (χ0) is 14.8. The summed E-state index contributed by atoms with van der Waals surface area (Å²) in [5.41, 5.74) is 1.18. The summed E-state index contributed by atoms with van der Waals surface area (Å²) < 4.78 is 0. The van der Waals surface area contributed by atoms with E-state index in [9.17, 15) is 0 Å². The van der Waals surface area contributed by atoms with E-state index < -0.39 is 0 Å². The van der Waals surface area contributed by atoms with Gasteiger partial charge in [0, 0.05) is 23.5 Å². The van der Waals surface area contributed by atoms with Crippen molar-refractivity contribution < 1.29 is 0 Å². The number of rotatable bonds is 2. The molecular formula is C21H30N2. The fourth-order valence-corrected chi connectivity index (χ4v) is 9.44. The van der Waals surface area contributed by atoms with Crippen LogP contribution in [0.15, 0.2) is 12.4 Å². The van der Waals surface area contributed by atoms with Gasteiger partial charge < -0.3 is 9.80 Å². The first-order chi connectivity index (χ1) is 11.2. The Kier molecular flexibility index (Phi) is 2.08. The molecule has 0 spiro atoms. The molecule has 0 aromatic heterocycles. The highest BCUT2D eigenvalue weighted by Gasteiger charge is 2.63. The first kappa shape index (κ1) is 12.7. The minimum Gasteiger partial charge on any atom is -0.353 e. The van der Waals surface area contributed by atoms with Gasteiger partial charge in [0.2, 0.25) is 0 Å². The molecule has 1 heterocycles. The van der Waals surface area contributed by atoms with Crippen molar-refractivity contribution in [2.75, 3.05) is 6.67 Å². The standard InChI is InChI=1S/C21H30N2/c1-2-23(21-11-16-4-17(12-21)8-19(21)7-16)13-22(1)20-9-14-3-15(10-20)6-18(20)5-14/h1-2,14-19H,3-13H2. The Morgan fingerprint density at radius 1 is 0.565 bits per heavy atom. The lowest BCUT2D eigenvalue weighted by Crippen LogP contribution is -2.53. The van der Waals surface area contributed by atoms with Gasteiger partial charge in [0.25, 0.3) is 0 Å². The molecule has 23 heavy (non-hydrogen) atoms. The molecule has 8 bridgehead atoms. The average Bonchev–Trinajstić information content (AvgIpc) is 3.26. The molecule has 9 rings (SSSR count). The summed E-state index contributed by atoms with van der Waals surface area (Å²) in [6, 6.07) is 0. The van der Waals surface area contributed by atoms with Crippen LogP contribution < -0.4 is 0 Å². The van der Waals surface area contributed by atoms with Crippen molar-refractivity contribution >= 4 is 0 Å². The number of hydrogen-bond donors (Lipinski definition) is 0. The predicted octanol–water partition coefficient (Wildman–Crippen LogP) is 4.19.